The van der Waals surface area contributed by atoms with Crippen molar-refractivity contribution >= 4 is 22.5 Å². The van der Waals surface area contributed by atoms with Gasteiger partial charge in [0.2, 0.25) is 0 Å². The molecule has 29 heavy (non-hydrogen) atoms. The zero-order valence-corrected chi connectivity index (χ0v) is 15.8. The van der Waals surface area contributed by atoms with Gasteiger partial charge < -0.3 is 16.2 Å². The van der Waals surface area contributed by atoms with Crippen LogP contribution < -0.4 is 11.1 Å². The van der Waals surface area contributed by atoms with Gasteiger partial charge in [0, 0.05) is 17.1 Å². The zero-order valence-electron chi connectivity index (χ0n) is 15.8. The first-order chi connectivity index (χ1) is 14.1. The van der Waals surface area contributed by atoms with Gasteiger partial charge in [-0.25, -0.2) is 4.98 Å². The van der Waals surface area contributed by atoms with Crippen LogP contribution >= 0.6 is 0 Å². The Labute approximate surface area is 168 Å². The fourth-order valence-electron chi connectivity index (χ4n) is 3.37. The molecular weight excluding hydrogens is 364 g/mol. The Kier molecular flexibility index (Phi) is 4.83. The van der Waals surface area contributed by atoms with Gasteiger partial charge in [0.1, 0.15) is 11.4 Å². The maximum absolute atomic E-state index is 13.2. The van der Waals surface area contributed by atoms with E-state index in [1.807, 2.05) is 54.6 Å². The van der Waals surface area contributed by atoms with Gasteiger partial charge in [0.15, 0.2) is 0 Å². The number of carbonyl (C=O) groups is 1. The van der Waals surface area contributed by atoms with E-state index in [-0.39, 0.29) is 11.7 Å². The zero-order chi connectivity index (χ0) is 20.4. The van der Waals surface area contributed by atoms with Crippen molar-refractivity contribution in [1.29, 1.82) is 0 Å². The first kappa shape index (κ1) is 18.4. The lowest BCUT2D eigenvalue weighted by Gasteiger charge is -2.18. The minimum Gasteiger partial charge on any atom is -0.506 e. The minimum atomic E-state index is -0.504. The molecule has 0 radical (unpaired) electrons. The molecule has 0 aliphatic heterocycles. The van der Waals surface area contributed by atoms with Crippen LogP contribution in [0.15, 0.2) is 72.9 Å². The number of nitrogens with two attached hydrogens (primary N) is 1. The van der Waals surface area contributed by atoms with Crippen molar-refractivity contribution < 1.29 is 9.90 Å². The highest BCUT2D eigenvalue weighted by molar-refractivity contribution is 6.12. The molecule has 0 saturated carbocycles. The monoisotopic (exact) mass is 384 g/mol. The number of benzene rings is 2. The van der Waals surface area contributed by atoms with E-state index in [4.69, 9.17) is 5.73 Å². The quantitative estimate of drug-likeness (QED) is 0.492. The lowest BCUT2D eigenvalue weighted by atomic mass is 10.0. The van der Waals surface area contributed by atoms with Gasteiger partial charge in [-0.2, -0.15) is 0 Å². The average molecular weight is 384 g/mol. The van der Waals surface area contributed by atoms with Gasteiger partial charge in [-0.1, -0.05) is 48.5 Å². The molecule has 4 aromatic rings. The Hall–Kier alpha value is -3.93. The number of hydrogen-bond acceptors (Lipinski definition) is 5. The Morgan fingerprint density at radius 3 is 2.52 bits per heavy atom. The summed E-state index contributed by atoms with van der Waals surface area (Å²) in [6.07, 6.45) is 1.57. The lowest BCUT2D eigenvalue weighted by molar-refractivity contribution is 0.0941. The summed E-state index contributed by atoms with van der Waals surface area (Å²) in [6.45, 7) is 1.76. The molecule has 6 nitrogen and oxygen atoms in total. The van der Waals surface area contributed by atoms with Crippen LogP contribution in [0.2, 0.25) is 0 Å². The molecule has 144 valence electrons. The molecule has 0 fully saturated rings. The number of anilines is 1. The number of carbonyl (C=O) groups excluding carboxylic acids is 1. The molecule has 0 saturated heterocycles. The highest BCUT2D eigenvalue weighted by atomic mass is 16.3. The third-order valence-corrected chi connectivity index (χ3v) is 4.78. The maximum atomic E-state index is 13.2. The van der Waals surface area contributed by atoms with Crippen LogP contribution in [-0.2, 0) is 0 Å². The van der Waals surface area contributed by atoms with Crippen LogP contribution in [0.4, 0.5) is 5.69 Å². The lowest BCUT2D eigenvalue weighted by Crippen LogP contribution is -2.28. The molecule has 0 aliphatic rings. The van der Waals surface area contributed by atoms with Crippen molar-refractivity contribution in [3.63, 3.8) is 0 Å². The summed E-state index contributed by atoms with van der Waals surface area (Å²) in [5.74, 6) is -0.325. The van der Waals surface area contributed by atoms with E-state index in [2.05, 4.69) is 15.3 Å². The molecule has 4 rings (SSSR count). The normalized spacial score (nSPS) is 11.9. The standard InChI is InChI=1S/C23H20N4O2/c1-14(21-18(28)12-7-13-25-21)26-23(29)19-16-10-5-6-11-17(16)27-22(20(19)24)15-8-3-2-4-9-15/h2-14,28H,24H2,1H3,(H,26,29). The average Bonchev–Trinajstić information content (AvgIpc) is 2.74. The molecular formula is C23H20N4O2. The van der Waals surface area contributed by atoms with E-state index in [0.717, 1.165) is 5.56 Å². The highest BCUT2D eigenvalue weighted by Gasteiger charge is 2.22. The van der Waals surface area contributed by atoms with Crippen LogP contribution in [-0.4, -0.2) is 21.0 Å². The predicted molar refractivity (Wildman–Crippen MR) is 113 cm³/mol. The number of amides is 1. The van der Waals surface area contributed by atoms with Gasteiger partial charge in [0.25, 0.3) is 5.91 Å². The third-order valence-electron chi connectivity index (χ3n) is 4.78. The number of fused-ring (bicyclic) bond motifs is 1. The molecule has 1 amide bonds. The number of nitrogens with one attached hydrogen (secondary N) is 1. The van der Waals surface area contributed by atoms with Crippen LogP contribution in [0.3, 0.4) is 0 Å². The second-order valence-electron chi connectivity index (χ2n) is 6.74. The van der Waals surface area contributed by atoms with E-state index in [9.17, 15) is 9.90 Å². The molecule has 6 heteroatoms. The molecule has 2 heterocycles. The number of nitrogens with zero attached hydrogens (tertiary/aromatic N) is 2. The summed E-state index contributed by atoms with van der Waals surface area (Å²) >= 11 is 0. The topological polar surface area (TPSA) is 101 Å². The van der Waals surface area contributed by atoms with Gasteiger partial charge in [-0.05, 0) is 25.1 Å². The van der Waals surface area contributed by atoms with E-state index < -0.39 is 6.04 Å². The fraction of sp³-hybridized carbons (Fsp3) is 0.0870. The smallest absolute Gasteiger partial charge is 0.254 e. The van der Waals surface area contributed by atoms with E-state index in [1.165, 1.54) is 6.07 Å². The van der Waals surface area contributed by atoms with Crippen LogP contribution in [0.1, 0.15) is 29.0 Å². The summed E-state index contributed by atoms with van der Waals surface area (Å²) in [5.41, 5.74) is 9.57. The molecule has 2 aromatic heterocycles. The largest absolute Gasteiger partial charge is 0.506 e. The minimum absolute atomic E-state index is 0.0258. The molecule has 0 aliphatic carbocycles. The van der Waals surface area contributed by atoms with Crippen molar-refractivity contribution in [3.05, 3.63) is 84.2 Å². The van der Waals surface area contributed by atoms with E-state index in [1.54, 1.807) is 19.2 Å². The van der Waals surface area contributed by atoms with Gasteiger partial charge in [-0.15, -0.1) is 0 Å². The second-order valence-corrected chi connectivity index (χ2v) is 6.74. The summed E-state index contributed by atoms with van der Waals surface area (Å²) in [6, 6.07) is 19.6. The number of aromatic nitrogens is 2. The van der Waals surface area contributed by atoms with Crippen LogP contribution in [0.25, 0.3) is 22.2 Å². The molecule has 4 N–H and O–H groups in total. The van der Waals surface area contributed by atoms with Gasteiger partial charge in [0.05, 0.1) is 28.5 Å². The first-order valence-electron chi connectivity index (χ1n) is 9.24. The predicted octanol–water partition coefficient (Wildman–Crippen LogP) is 4.08. The van der Waals surface area contributed by atoms with E-state index >= 15 is 0 Å². The van der Waals surface area contributed by atoms with Crippen LogP contribution in [0, 0.1) is 0 Å². The van der Waals surface area contributed by atoms with Crippen molar-refractivity contribution in [1.82, 2.24) is 15.3 Å². The first-order valence-corrected chi connectivity index (χ1v) is 9.24. The van der Waals surface area contributed by atoms with E-state index in [0.29, 0.717) is 33.5 Å². The highest BCUT2D eigenvalue weighted by Crippen LogP contribution is 2.32. The Morgan fingerprint density at radius 1 is 1.03 bits per heavy atom. The van der Waals surface area contributed by atoms with Crippen LogP contribution in [0.5, 0.6) is 5.75 Å². The number of aromatic hydroxyl groups is 1. The summed E-state index contributed by atoms with van der Waals surface area (Å²) in [5, 5.41) is 13.6. The van der Waals surface area contributed by atoms with Crippen molar-refractivity contribution in [2.45, 2.75) is 13.0 Å². The number of pyridine rings is 2. The van der Waals surface area contributed by atoms with Gasteiger partial charge in [-0.3, -0.25) is 9.78 Å². The Balaban J connectivity index is 1.81. The van der Waals surface area contributed by atoms with Gasteiger partial charge >= 0.3 is 0 Å². The SMILES string of the molecule is CC(NC(=O)c1c(N)c(-c2ccccc2)nc2ccccc12)c1ncccc1O. The molecule has 1 atom stereocenters. The molecule has 0 spiro atoms. The van der Waals surface area contributed by atoms with Crippen molar-refractivity contribution in [2.75, 3.05) is 5.73 Å². The molecule has 2 aromatic carbocycles. The number of para-hydroxylation sites is 1. The van der Waals surface area contributed by atoms with Crippen molar-refractivity contribution in [3.8, 4) is 17.0 Å². The third kappa shape index (κ3) is 3.48. The summed E-state index contributed by atoms with van der Waals surface area (Å²) < 4.78 is 0. The van der Waals surface area contributed by atoms with Crippen molar-refractivity contribution in [2.24, 2.45) is 0 Å². The second kappa shape index (κ2) is 7.59. The summed E-state index contributed by atoms with van der Waals surface area (Å²) in [4.78, 5) is 22.1. The maximum Gasteiger partial charge on any atom is 0.254 e. The fourth-order valence-corrected chi connectivity index (χ4v) is 3.37. The molecule has 0 bridgehead atoms. The summed E-state index contributed by atoms with van der Waals surface area (Å²) in [7, 11) is 0. The number of hydrogen-bond donors (Lipinski definition) is 3. The molecule has 1 unspecified atom stereocenters. The Bertz CT molecular complexity index is 1190. The number of nitrogen functional groups attached to an aromatic ring is 1. The Morgan fingerprint density at radius 2 is 1.76 bits per heavy atom. The number of rotatable bonds is 4.